The van der Waals surface area contributed by atoms with E-state index in [-0.39, 0.29) is 0 Å². The number of nitrogens with zero attached hydrogens (tertiary/aromatic N) is 2. The average Bonchev–Trinajstić information content (AvgIpc) is 2.53. The van der Waals surface area contributed by atoms with Gasteiger partial charge in [0, 0.05) is 32.2 Å². The Hall–Kier alpha value is -2.21. The average molecular weight is 304 g/mol. The molecule has 0 bridgehead atoms. The first-order chi connectivity index (χ1) is 10.6. The number of aromatic nitrogens is 2. The monoisotopic (exact) mass is 304 g/mol. The van der Waals surface area contributed by atoms with E-state index in [4.69, 9.17) is 4.74 Å². The van der Waals surface area contributed by atoms with E-state index >= 15 is 0 Å². The Balaban J connectivity index is 1.91. The van der Waals surface area contributed by atoms with Crippen molar-refractivity contribution in [3.8, 4) is 5.69 Å². The van der Waals surface area contributed by atoms with Crippen molar-refractivity contribution in [1.82, 2.24) is 9.13 Å². The largest absolute Gasteiger partial charge is 0.381 e. The molecule has 1 fully saturated rings. The molecule has 22 heavy (non-hydrogen) atoms. The normalized spacial score (nSPS) is 15.9. The van der Waals surface area contributed by atoms with E-state index in [0.29, 0.717) is 31.4 Å². The SMILES string of the molecule is O=c1c(=O)n(-c2cccc(F)c2)ccn1CC1CCOCC1. The number of halogens is 1. The topological polar surface area (TPSA) is 53.2 Å². The molecule has 0 radical (unpaired) electrons. The van der Waals surface area contributed by atoms with Gasteiger partial charge in [0.1, 0.15) is 5.82 Å². The van der Waals surface area contributed by atoms with Gasteiger partial charge in [-0.05, 0) is 37.0 Å². The van der Waals surface area contributed by atoms with Crippen LogP contribution < -0.4 is 11.1 Å². The van der Waals surface area contributed by atoms with E-state index in [1.54, 1.807) is 12.3 Å². The summed E-state index contributed by atoms with van der Waals surface area (Å²) in [5.74, 6) is -0.105. The molecule has 0 atom stereocenters. The third-order valence-corrected chi connectivity index (χ3v) is 3.94. The molecular formula is C16H17FN2O3. The summed E-state index contributed by atoms with van der Waals surface area (Å²) in [5, 5.41) is 0. The smallest absolute Gasteiger partial charge is 0.320 e. The molecule has 2 aromatic rings. The zero-order valence-electron chi connectivity index (χ0n) is 12.1. The van der Waals surface area contributed by atoms with Crippen molar-refractivity contribution in [1.29, 1.82) is 0 Å². The number of benzene rings is 1. The summed E-state index contributed by atoms with van der Waals surface area (Å²) >= 11 is 0. The van der Waals surface area contributed by atoms with E-state index in [0.717, 1.165) is 12.8 Å². The van der Waals surface area contributed by atoms with Crippen LogP contribution in [0.1, 0.15) is 12.8 Å². The molecule has 3 rings (SSSR count). The third-order valence-electron chi connectivity index (χ3n) is 3.94. The van der Waals surface area contributed by atoms with Crippen molar-refractivity contribution < 1.29 is 9.13 Å². The molecule has 1 aliphatic heterocycles. The number of hydrogen-bond acceptors (Lipinski definition) is 3. The first kappa shape index (κ1) is 14.7. The van der Waals surface area contributed by atoms with Crippen molar-refractivity contribution in [3.63, 3.8) is 0 Å². The van der Waals surface area contributed by atoms with Gasteiger partial charge in [0.05, 0.1) is 5.69 Å². The van der Waals surface area contributed by atoms with E-state index in [1.165, 1.54) is 33.5 Å². The Labute approximate surface area is 126 Å². The lowest BCUT2D eigenvalue weighted by Gasteiger charge is -2.22. The Kier molecular flexibility index (Phi) is 4.20. The molecular weight excluding hydrogens is 287 g/mol. The van der Waals surface area contributed by atoms with Crippen LogP contribution in [0.5, 0.6) is 0 Å². The summed E-state index contributed by atoms with van der Waals surface area (Å²) in [5.41, 5.74) is -0.904. The van der Waals surface area contributed by atoms with Crippen LogP contribution in [0.2, 0.25) is 0 Å². The van der Waals surface area contributed by atoms with E-state index in [1.807, 2.05) is 0 Å². The van der Waals surface area contributed by atoms with Gasteiger partial charge in [-0.3, -0.25) is 14.2 Å². The molecule has 1 aromatic carbocycles. The van der Waals surface area contributed by atoms with Gasteiger partial charge < -0.3 is 9.30 Å². The Bertz CT molecular complexity index is 775. The zero-order valence-corrected chi connectivity index (χ0v) is 12.1. The van der Waals surface area contributed by atoms with E-state index in [2.05, 4.69) is 0 Å². The predicted octanol–water partition coefficient (Wildman–Crippen LogP) is 1.56. The molecule has 0 aliphatic carbocycles. The fraction of sp³-hybridized carbons (Fsp3) is 0.375. The third kappa shape index (κ3) is 3.01. The van der Waals surface area contributed by atoms with Gasteiger partial charge in [-0.15, -0.1) is 0 Å². The van der Waals surface area contributed by atoms with Crippen LogP contribution in [0.25, 0.3) is 5.69 Å². The summed E-state index contributed by atoms with van der Waals surface area (Å²) in [4.78, 5) is 24.5. The lowest BCUT2D eigenvalue weighted by molar-refractivity contribution is 0.0609. The molecule has 116 valence electrons. The summed E-state index contributed by atoms with van der Waals surface area (Å²) in [6, 6.07) is 5.61. The van der Waals surface area contributed by atoms with Crippen molar-refractivity contribution in [3.05, 3.63) is 63.2 Å². The van der Waals surface area contributed by atoms with Gasteiger partial charge >= 0.3 is 11.1 Å². The highest BCUT2D eigenvalue weighted by atomic mass is 19.1. The second-order valence-electron chi connectivity index (χ2n) is 5.47. The first-order valence-electron chi connectivity index (χ1n) is 7.31. The van der Waals surface area contributed by atoms with Crippen LogP contribution in [-0.4, -0.2) is 22.3 Å². The van der Waals surface area contributed by atoms with Gasteiger partial charge in [-0.2, -0.15) is 0 Å². The Morgan fingerprint density at radius 1 is 1.14 bits per heavy atom. The van der Waals surface area contributed by atoms with Crippen LogP contribution in [0.3, 0.4) is 0 Å². The molecule has 0 spiro atoms. The molecule has 2 heterocycles. The number of hydrogen-bond donors (Lipinski definition) is 0. The van der Waals surface area contributed by atoms with Crippen LogP contribution in [0.4, 0.5) is 4.39 Å². The maximum Gasteiger partial charge on any atom is 0.320 e. The minimum atomic E-state index is -0.667. The van der Waals surface area contributed by atoms with Crippen molar-refractivity contribution in [2.24, 2.45) is 5.92 Å². The molecule has 1 aromatic heterocycles. The van der Waals surface area contributed by atoms with Gasteiger partial charge in [0.25, 0.3) is 0 Å². The highest BCUT2D eigenvalue weighted by molar-refractivity contribution is 5.31. The molecule has 5 nitrogen and oxygen atoms in total. The maximum absolute atomic E-state index is 13.3. The van der Waals surface area contributed by atoms with Crippen LogP contribution in [0.15, 0.2) is 46.2 Å². The molecule has 0 amide bonds. The minimum Gasteiger partial charge on any atom is -0.381 e. The summed E-state index contributed by atoms with van der Waals surface area (Å²) < 4.78 is 21.2. The molecule has 1 saturated heterocycles. The standard InChI is InChI=1S/C16H17FN2O3/c17-13-2-1-3-14(10-13)19-7-6-18(15(20)16(19)21)11-12-4-8-22-9-5-12/h1-3,6-7,10,12H,4-5,8-9,11H2. The fourth-order valence-corrected chi connectivity index (χ4v) is 2.69. The molecule has 0 N–H and O–H groups in total. The molecule has 1 aliphatic rings. The fourth-order valence-electron chi connectivity index (χ4n) is 2.69. The van der Waals surface area contributed by atoms with Gasteiger partial charge in [0.15, 0.2) is 0 Å². The highest BCUT2D eigenvalue weighted by Gasteiger charge is 2.16. The summed E-state index contributed by atoms with van der Waals surface area (Å²) in [6.07, 6.45) is 4.88. The van der Waals surface area contributed by atoms with Gasteiger partial charge in [-0.1, -0.05) is 6.07 Å². The van der Waals surface area contributed by atoms with Gasteiger partial charge in [-0.25, -0.2) is 4.39 Å². The van der Waals surface area contributed by atoms with Crippen LogP contribution in [-0.2, 0) is 11.3 Å². The Morgan fingerprint density at radius 3 is 2.64 bits per heavy atom. The van der Waals surface area contributed by atoms with Crippen LogP contribution >= 0.6 is 0 Å². The minimum absolute atomic E-state index is 0.343. The van der Waals surface area contributed by atoms with Crippen molar-refractivity contribution >= 4 is 0 Å². The summed E-state index contributed by atoms with van der Waals surface area (Å²) in [7, 11) is 0. The Morgan fingerprint density at radius 2 is 1.91 bits per heavy atom. The molecule has 6 heteroatoms. The van der Waals surface area contributed by atoms with Crippen LogP contribution in [0, 0.1) is 11.7 Å². The number of ether oxygens (including phenoxy) is 1. The molecule has 0 unspecified atom stereocenters. The second-order valence-corrected chi connectivity index (χ2v) is 5.47. The number of rotatable bonds is 3. The van der Waals surface area contributed by atoms with Crippen molar-refractivity contribution in [2.45, 2.75) is 19.4 Å². The quantitative estimate of drug-likeness (QED) is 0.809. The molecule has 0 saturated carbocycles. The highest BCUT2D eigenvalue weighted by Crippen LogP contribution is 2.15. The summed E-state index contributed by atoms with van der Waals surface area (Å²) in [6.45, 7) is 1.90. The van der Waals surface area contributed by atoms with E-state index < -0.39 is 16.9 Å². The maximum atomic E-state index is 13.3. The lowest BCUT2D eigenvalue weighted by atomic mass is 10.0. The lowest BCUT2D eigenvalue weighted by Crippen LogP contribution is -2.41. The predicted molar refractivity (Wildman–Crippen MR) is 79.8 cm³/mol. The first-order valence-corrected chi connectivity index (χ1v) is 7.31. The van der Waals surface area contributed by atoms with Crippen molar-refractivity contribution in [2.75, 3.05) is 13.2 Å². The van der Waals surface area contributed by atoms with Gasteiger partial charge in [0.2, 0.25) is 0 Å². The second kappa shape index (κ2) is 6.27. The zero-order chi connectivity index (χ0) is 15.5. The van der Waals surface area contributed by atoms with E-state index in [9.17, 15) is 14.0 Å².